The van der Waals surface area contributed by atoms with E-state index in [2.05, 4.69) is 0 Å². The number of aryl methyl sites for hydroxylation is 1. The molecule has 0 aliphatic rings. The average molecular weight is 237 g/mol. The zero-order chi connectivity index (χ0) is 13.0. The van der Waals surface area contributed by atoms with Crippen molar-refractivity contribution in [2.75, 3.05) is 0 Å². The molecule has 0 saturated carbocycles. The Bertz CT molecular complexity index is 498. The molecule has 1 rings (SSSR count). The quantitative estimate of drug-likeness (QED) is 0.576. The Labute approximate surface area is 96.8 Å². The van der Waals surface area contributed by atoms with E-state index in [0.717, 1.165) is 6.08 Å². The van der Waals surface area contributed by atoms with Gasteiger partial charge in [0.15, 0.2) is 6.29 Å². The van der Waals surface area contributed by atoms with E-state index in [0.29, 0.717) is 17.4 Å². The molecular weight excluding hydrogens is 226 g/mol. The van der Waals surface area contributed by atoms with E-state index in [1.807, 2.05) is 0 Å². The van der Waals surface area contributed by atoms with Crippen LogP contribution in [0.2, 0.25) is 0 Å². The third-order valence-electron chi connectivity index (χ3n) is 2.22. The Morgan fingerprint density at radius 1 is 1.41 bits per heavy atom. The van der Waals surface area contributed by atoms with Crippen molar-refractivity contribution in [1.29, 1.82) is 0 Å². The fraction of sp³-hybridized carbons (Fsp3) is 0.182. The molecule has 0 fully saturated rings. The molecule has 0 atom stereocenters. The average Bonchev–Trinajstić information content (AvgIpc) is 2.51. The van der Waals surface area contributed by atoms with E-state index >= 15 is 0 Å². The van der Waals surface area contributed by atoms with Gasteiger partial charge in [0.05, 0.1) is 12.1 Å². The summed E-state index contributed by atoms with van der Waals surface area (Å²) in [5, 5.41) is 17.2. The second kappa shape index (κ2) is 5.11. The highest BCUT2D eigenvalue weighted by atomic mass is 16.4. The van der Waals surface area contributed by atoms with Crippen LogP contribution in [0.4, 0.5) is 0 Å². The summed E-state index contributed by atoms with van der Waals surface area (Å²) in [6, 6.07) is 0. The lowest BCUT2D eigenvalue weighted by Gasteiger charge is -1.98. The lowest BCUT2D eigenvalue weighted by molar-refractivity contribution is -0.136. The number of carbonyl (C=O) groups excluding carboxylic acids is 1. The van der Waals surface area contributed by atoms with Crippen LogP contribution in [0.1, 0.15) is 21.6 Å². The molecule has 6 nitrogen and oxygen atoms in total. The molecule has 0 aliphatic heterocycles. The van der Waals surface area contributed by atoms with Gasteiger partial charge in [0, 0.05) is 19.3 Å². The Hall–Kier alpha value is -2.37. The van der Waals surface area contributed by atoms with Crippen LogP contribution in [-0.4, -0.2) is 33.0 Å². The predicted octanol–water partition coefficient (Wildman–Crippen LogP) is 0.562. The molecule has 1 heterocycles. The van der Waals surface area contributed by atoms with Gasteiger partial charge in [0.1, 0.15) is 0 Å². The molecule has 1 aromatic rings. The van der Waals surface area contributed by atoms with Crippen molar-refractivity contribution in [2.24, 2.45) is 7.05 Å². The van der Waals surface area contributed by atoms with Crippen molar-refractivity contribution in [2.45, 2.75) is 6.42 Å². The molecule has 0 aliphatic carbocycles. The minimum absolute atomic E-state index is 0.234. The summed E-state index contributed by atoms with van der Waals surface area (Å²) in [5.74, 6) is -2.22. The molecule has 0 aromatic carbocycles. The molecule has 2 N–H and O–H groups in total. The molecule has 90 valence electrons. The third-order valence-corrected chi connectivity index (χ3v) is 2.22. The van der Waals surface area contributed by atoms with Crippen molar-refractivity contribution in [1.82, 2.24) is 4.57 Å². The van der Waals surface area contributed by atoms with Gasteiger partial charge in [-0.25, -0.2) is 4.79 Å². The molecule has 0 spiro atoms. The maximum absolute atomic E-state index is 10.8. The highest BCUT2D eigenvalue weighted by molar-refractivity contribution is 5.88. The van der Waals surface area contributed by atoms with Crippen molar-refractivity contribution < 1.29 is 24.6 Å². The maximum Gasteiger partial charge on any atom is 0.328 e. The molecular formula is C11H11NO5. The van der Waals surface area contributed by atoms with Gasteiger partial charge in [0.25, 0.3) is 0 Å². The highest BCUT2D eigenvalue weighted by Gasteiger charge is 2.14. The largest absolute Gasteiger partial charge is 0.481 e. The van der Waals surface area contributed by atoms with Crippen LogP contribution in [0.15, 0.2) is 12.3 Å². The standard InChI is InChI=1S/C11H11NO5/c1-12-5-7(2-3-10(14)15)8(4-11(16)17)9(12)6-13/h2-3,5-6H,4H2,1H3,(H,14,15)(H,16,17). The lowest BCUT2D eigenvalue weighted by atomic mass is 10.1. The van der Waals surface area contributed by atoms with E-state index in [1.54, 1.807) is 7.05 Å². The molecule has 1 aromatic heterocycles. The first-order valence-corrected chi connectivity index (χ1v) is 4.72. The van der Waals surface area contributed by atoms with Gasteiger partial charge in [-0.15, -0.1) is 0 Å². The van der Waals surface area contributed by atoms with E-state index in [1.165, 1.54) is 16.8 Å². The molecule has 0 unspecified atom stereocenters. The number of carbonyl (C=O) groups is 3. The molecule has 0 bridgehead atoms. The Balaban J connectivity index is 3.24. The Morgan fingerprint density at radius 3 is 2.53 bits per heavy atom. The lowest BCUT2D eigenvalue weighted by Crippen LogP contribution is -2.04. The van der Waals surface area contributed by atoms with Crippen LogP contribution in [0.5, 0.6) is 0 Å². The van der Waals surface area contributed by atoms with E-state index in [4.69, 9.17) is 10.2 Å². The van der Waals surface area contributed by atoms with E-state index < -0.39 is 11.9 Å². The van der Waals surface area contributed by atoms with Crippen LogP contribution >= 0.6 is 0 Å². The number of carboxylic acid groups (broad SMARTS) is 2. The number of hydrogen-bond acceptors (Lipinski definition) is 3. The Morgan fingerprint density at radius 2 is 2.06 bits per heavy atom. The summed E-state index contributed by atoms with van der Waals surface area (Å²) >= 11 is 0. The number of aldehydes is 1. The first-order valence-electron chi connectivity index (χ1n) is 4.72. The van der Waals surface area contributed by atoms with Gasteiger partial charge in [-0.2, -0.15) is 0 Å². The highest BCUT2D eigenvalue weighted by Crippen LogP contribution is 2.18. The maximum atomic E-state index is 10.8. The molecule has 0 saturated heterocycles. The summed E-state index contributed by atoms with van der Waals surface area (Å²) in [6.07, 6.45) is 3.91. The van der Waals surface area contributed by atoms with Gasteiger partial charge in [-0.3, -0.25) is 9.59 Å². The summed E-state index contributed by atoms with van der Waals surface area (Å²) in [6.45, 7) is 0. The number of aromatic nitrogens is 1. The Kier molecular flexibility index (Phi) is 3.82. The number of carboxylic acids is 2. The minimum atomic E-state index is -1.14. The van der Waals surface area contributed by atoms with Gasteiger partial charge >= 0.3 is 11.9 Å². The van der Waals surface area contributed by atoms with Crippen LogP contribution in [0, 0.1) is 0 Å². The van der Waals surface area contributed by atoms with Crippen molar-refractivity contribution in [3.63, 3.8) is 0 Å². The minimum Gasteiger partial charge on any atom is -0.481 e. The van der Waals surface area contributed by atoms with Gasteiger partial charge in [-0.1, -0.05) is 0 Å². The number of aliphatic carboxylic acids is 2. The summed E-state index contributed by atoms with van der Waals surface area (Å²) in [4.78, 5) is 31.9. The molecule has 0 radical (unpaired) electrons. The summed E-state index contributed by atoms with van der Waals surface area (Å²) in [5.41, 5.74) is 0.962. The van der Waals surface area contributed by atoms with Gasteiger partial charge < -0.3 is 14.8 Å². The second-order valence-electron chi connectivity index (χ2n) is 3.42. The molecule has 0 amide bonds. The molecule has 6 heteroatoms. The number of rotatable bonds is 5. The SMILES string of the molecule is Cn1cc(C=CC(=O)O)c(CC(=O)O)c1C=O. The number of hydrogen-bond donors (Lipinski definition) is 2. The van der Waals surface area contributed by atoms with Crippen LogP contribution in [-0.2, 0) is 23.1 Å². The zero-order valence-corrected chi connectivity index (χ0v) is 9.08. The smallest absolute Gasteiger partial charge is 0.328 e. The topological polar surface area (TPSA) is 96.6 Å². The molecule has 17 heavy (non-hydrogen) atoms. The summed E-state index contributed by atoms with van der Waals surface area (Å²) < 4.78 is 1.47. The van der Waals surface area contributed by atoms with Crippen molar-refractivity contribution in [3.8, 4) is 0 Å². The van der Waals surface area contributed by atoms with Crippen LogP contribution in [0.25, 0.3) is 6.08 Å². The van der Waals surface area contributed by atoms with E-state index in [9.17, 15) is 14.4 Å². The van der Waals surface area contributed by atoms with Crippen molar-refractivity contribution in [3.05, 3.63) is 29.1 Å². The zero-order valence-electron chi connectivity index (χ0n) is 9.08. The fourth-order valence-corrected chi connectivity index (χ4v) is 1.52. The van der Waals surface area contributed by atoms with Crippen molar-refractivity contribution >= 4 is 24.3 Å². The van der Waals surface area contributed by atoms with Crippen LogP contribution < -0.4 is 0 Å². The predicted molar refractivity (Wildman–Crippen MR) is 58.8 cm³/mol. The first kappa shape index (κ1) is 12.7. The van der Waals surface area contributed by atoms with Gasteiger partial charge in [-0.05, 0) is 17.2 Å². The number of nitrogens with zero attached hydrogens (tertiary/aromatic N) is 1. The van der Waals surface area contributed by atoms with Crippen LogP contribution in [0.3, 0.4) is 0 Å². The third kappa shape index (κ3) is 3.04. The monoisotopic (exact) mass is 237 g/mol. The van der Waals surface area contributed by atoms with Gasteiger partial charge in [0.2, 0.25) is 0 Å². The summed E-state index contributed by atoms with van der Waals surface area (Å²) in [7, 11) is 1.59. The second-order valence-corrected chi connectivity index (χ2v) is 3.42. The van der Waals surface area contributed by atoms with E-state index in [-0.39, 0.29) is 12.1 Å². The normalized spacial score (nSPS) is 10.6. The first-order chi connectivity index (χ1) is 7.95. The fourth-order valence-electron chi connectivity index (χ4n) is 1.52.